The van der Waals surface area contributed by atoms with Gasteiger partial charge in [-0.05, 0) is 39.2 Å². The molecule has 1 N–H and O–H groups in total. The highest BCUT2D eigenvalue weighted by Crippen LogP contribution is 2.39. The van der Waals surface area contributed by atoms with E-state index < -0.39 is 34.1 Å². The van der Waals surface area contributed by atoms with Crippen LogP contribution in [0.3, 0.4) is 0 Å². The first kappa shape index (κ1) is 18.1. The minimum atomic E-state index is -2.09. The normalized spacial score (nSPS) is 27.3. The second-order valence-electron chi connectivity index (χ2n) is 7.13. The molecule has 0 bridgehead atoms. The predicted octanol–water partition coefficient (Wildman–Crippen LogP) is 2.83. The van der Waals surface area contributed by atoms with Crippen LogP contribution in [0.4, 0.5) is 0 Å². The maximum Gasteiger partial charge on any atom is 0.346 e. The van der Waals surface area contributed by atoms with E-state index in [4.69, 9.17) is 4.74 Å². The van der Waals surface area contributed by atoms with Crippen molar-refractivity contribution in [2.24, 2.45) is 5.92 Å². The summed E-state index contributed by atoms with van der Waals surface area (Å²) >= 11 is 0. The zero-order valence-electron chi connectivity index (χ0n) is 14.1. The van der Waals surface area contributed by atoms with Crippen LogP contribution >= 0.6 is 0 Å². The number of carbonyl (C=O) groups is 1. The van der Waals surface area contributed by atoms with Gasteiger partial charge in [0.15, 0.2) is 0 Å². The van der Waals surface area contributed by atoms with Gasteiger partial charge in [0, 0.05) is 10.8 Å². The highest BCUT2D eigenvalue weighted by molar-refractivity contribution is 5.81. The van der Waals surface area contributed by atoms with Crippen LogP contribution < -0.4 is 0 Å². The molecule has 6 nitrogen and oxygen atoms in total. The van der Waals surface area contributed by atoms with Crippen LogP contribution in [0.2, 0.25) is 0 Å². The molecule has 24 heavy (non-hydrogen) atoms. The van der Waals surface area contributed by atoms with Crippen molar-refractivity contribution in [1.82, 2.24) is 0 Å². The summed E-state index contributed by atoms with van der Waals surface area (Å²) in [4.78, 5) is 23.3. The molecule has 1 fully saturated rings. The topological polar surface area (TPSA) is 89.7 Å². The summed E-state index contributed by atoms with van der Waals surface area (Å²) in [5.74, 6) is -1.45. The largest absolute Gasteiger partial charge is 0.458 e. The SMILES string of the molecule is CC(C)(C)OC(=O)[C@]1(O)CC[C@@H](/C=C/c2ccccc2)[C@@H]1[N+](=O)[O-]. The van der Waals surface area contributed by atoms with Crippen LogP contribution in [0.1, 0.15) is 39.2 Å². The summed E-state index contributed by atoms with van der Waals surface area (Å²) in [7, 11) is 0. The molecule has 1 aliphatic rings. The minimum absolute atomic E-state index is 0.0113. The van der Waals surface area contributed by atoms with E-state index in [0.29, 0.717) is 6.42 Å². The Morgan fingerprint density at radius 2 is 2.00 bits per heavy atom. The first-order valence-electron chi connectivity index (χ1n) is 7.96. The number of hydrogen-bond donors (Lipinski definition) is 1. The number of rotatable bonds is 4. The quantitative estimate of drug-likeness (QED) is 0.520. The fourth-order valence-electron chi connectivity index (χ4n) is 2.97. The number of nitrogens with zero attached hydrogens (tertiary/aromatic N) is 1. The van der Waals surface area contributed by atoms with Crippen molar-refractivity contribution < 1.29 is 19.6 Å². The number of hydrogen-bond acceptors (Lipinski definition) is 5. The molecule has 0 radical (unpaired) electrons. The molecule has 6 heteroatoms. The number of carbonyl (C=O) groups excluding carboxylic acids is 1. The Labute approximate surface area is 141 Å². The predicted molar refractivity (Wildman–Crippen MR) is 89.8 cm³/mol. The summed E-state index contributed by atoms with van der Waals surface area (Å²) < 4.78 is 5.20. The van der Waals surface area contributed by atoms with E-state index in [2.05, 4.69) is 0 Å². The summed E-state index contributed by atoms with van der Waals surface area (Å²) in [5.41, 5.74) is -2.00. The Morgan fingerprint density at radius 1 is 1.38 bits per heavy atom. The first-order chi connectivity index (χ1) is 11.1. The van der Waals surface area contributed by atoms with Crippen LogP contribution in [0.5, 0.6) is 0 Å². The fraction of sp³-hybridized carbons (Fsp3) is 0.500. The lowest BCUT2D eigenvalue weighted by molar-refractivity contribution is -0.543. The van der Waals surface area contributed by atoms with Crippen LogP contribution in [0.15, 0.2) is 36.4 Å². The van der Waals surface area contributed by atoms with E-state index in [9.17, 15) is 20.0 Å². The molecular formula is C18H23NO5. The van der Waals surface area contributed by atoms with Crippen molar-refractivity contribution in [3.63, 3.8) is 0 Å². The molecule has 130 valence electrons. The zero-order valence-corrected chi connectivity index (χ0v) is 14.1. The molecule has 1 aromatic carbocycles. The van der Waals surface area contributed by atoms with Gasteiger partial charge >= 0.3 is 5.97 Å². The second-order valence-corrected chi connectivity index (χ2v) is 7.13. The molecule has 0 amide bonds. The molecule has 0 unspecified atom stereocenters. The lowest BCUT2D eigenvalue weighted by Gasteiger charge is -2.28. The highest BCUT2D eigenvalue weighted by atomic mass is 16.6. The third kappa shape index (κ3) is 4.00. The van der Waals surface area contributed by atoms with Gasteiger partial charge in [-0.1, -0.05) is 42.5 Å². The van der Waals surface area contributed by atoms with Gasteiger partial charge < -0.3 is 9.84 Å². The number of nitro groups is 1. The van der Waals surface area contributed by atoms with E-state index >= 15 is 0 Å². The van der Waals surface area contributed by atoms with Crippen molar-refractivity contribution in [2.75, 3.05) is 0 Å². The molecule has 3 atom stereocenters. The van der Waals surface area contributed by atoms with Gasteiger partial charge in [0.1, 0.15) is 5.60 Å². The number of esters is 1. The molecule has 1 aliphatic carbocycles. The molecular weight excluding hydrogens is 310 g/mol. The van der Waals surface area contributed by atoms with Gasteiger partial charge in [0.05, 0.1) is 0 Å². The number of benzene rings is 1. The molecule has 1 aromatic rings. The monoisotopic (exact) mass is 333 g/mol. The second kappa shape index (κ2) is 6.73. The zero-order chi connectivity index (χ0) is 18.0. The molecule has 0 saturated heterocycles. The van der Waals surface area contributed by atoms with Crippen LogP contribution in [-0.2, 0) is 9.53 Å². The Morgan fingerprint density at radius 3 is 2.54 bits per heavy atom. The minimum Gasteiger partial charge on any atom is -0.458 e. The van der Waals surface area contributed by atoms with Gasteiger partial charge in [-0.25, -0.2) is 4.79 Å². The summed E-state index contributed by atoms with van der Waals surface area (Å²) in [6, 6.07) is 7.98. The number of ether oxygens (including phenoxy) is 1. The fourth-order valence-corrected chi connectivity index (χ4v) is 2.97. The lowest BCUT2D eigenvalue weighted by Crippen LogP contribution is -2.53. The first-order valence-corrected chi connectivity index (χ1v) is 7.96. The van der Waals surface area contributed by atoms with Crippen molar-refractivity contribution in [2.45, 2.75) is 50.9 Å². The van der Waals surface area contributed by atoms with E-state index in [1.807, 2.05) is 30.3 Å². The van der Waals surface area contributed by atoms with Crippen molar-refractivity contribution in [3.05, 3.63) is 52.1 Å². The summed E-state index contributed by atoms with van der Waals surface area (Å²) in [5, 5.41) is 22.2. The third-order valence-corrected chi connectivity index (χ3v) is 4.07. The van der Waals surface area contributed by atoms with Gasteiger partial charge in [-0.15, -0.1) is 0 Å². The van der Waals surface area contributed by atoms with Gasteiger partial charge in [-0.2, -0.15) is 0 Å². The molecule has 0 aliphatic heterocycles. The van der Waals surface area contributed by atoms with E-state index in [1.54, 1.807) is 32.9 Å². The number of aliphatic hydroxyl groups is 1. The maximum absolute atomic E-state index is 12.3. The Bertz CT molecular complexity index is 635. The molecule has 0 aromatic heterocycles. The maximum atomic E-state index is 12.3. The Kier molecular flexibility index (Phi) is 5.08. The van der Waals surface area contributed by atoms with Crippen molar-refractivity contribution in [3.8, 4) is 0 Å². The van der Waals surface area contributed by atoms with Crippen LogP contribution in [0, 0.1) is 16.0 Å². The van der Waals surface area contributed by atoms with Gasteiger partial charge in [-0.3, -0.25) is 10.1 Å². The van der Waals surface area contributed by atoms with Crippen LogP contribution in [0.25, 0.3) is 6.08 Å². The molecule has 0 heterocycles. The Hall–Kier alpha value is -2.21. The van der Waals surface area contributed by atoms with Crippen LogP contribution in [-0.4, -0.2) is 33.2 Å². The average Bonchev–Trinajstić information content (AvgIpc) is 2.83. The van der Waals surface area contributed by atoms with Gasteiger partial charge in [0.2, 0.25) is 5.60 Å². The third-order valence-electron chi connectivity index (χ3n) is 4.07. The standard InChI is InChI=1S/C18H23NO5/c1-17(2,3)24-16(20)18(21)12-11-14(15(18)19(22)23)10-9-13-7-5-4-6-8-13/h4-10,14-15,21H,11-12H2,1-3H3/b10-9+/t14-,15+,18+/m1/s1. The van der Waals surface area contributed by atoms with Gasteiger partial charge in [0.25, 0.3) is 6.04 Å². The average molecular weight is 333 g/mol. The molecule has 1 saturated carbocycles. The van der Waals surface area contributed by atoms with Crippen molar-refractivity contribution in [1.29, 1.82) is 0 Å². The molecule has 0 spiro atoms. The smallest absolute Gasteiger partial charge is 0.346 e. The van der Waals surface area contributed by atoms with E-state index in [-0.39, 0.29) is 6.42 Å². The van der Waals surface area contributed by atoms with Crippen molar-refractivity contribution >= 4 is 12.0 Å². The van der Waals surface area contributed by atoms with E-state index in [1.165, 1.54) is 0 Å². The summed E-state index contributed by atoms with van der Waals surface area (Å²) in [6.45, 7) is 4.99. The summed E-state index contributed by atoms with van der Waals surface area (Å²) in [6.07, 6.45) is 3.84. The lowest BCUT2D eigenvalue weighted by atomic mass is 9.93. The highest BCUT2D eigenvalue weighted by Gasteiger charge is 2.61. The molecule has 2 rings (SSSR count). The van der Waals surface area contributed by atoms with E-state index in [0.717, 1.165) is 5.56 Å². The Balaban J connectivity index is 2.22.